The summed E-state index contributed by atoms with van der Waals surface area (Å²) >= 11 is 1.82. The highest BCUT2D eigenvalue weighted by atomic mass is 32.2. The number of aryl methyl sites for hydroxylation is 1. The molecule has 0 radical (unpaired) electrons. The molecule has 16 heavy (non-hydrogen) atoms. The Morgan fingerprint density at radius 1 is 1.31 bits per heavy atom. The third kappa shape index (κ3) is 4.42. The predicted octanol–water partition coefficient (Wildman–Crippen LogP) is 3.81. The molecule has 1 aromatic carbocycles. The summed E-state index contributed by atoms with van der Waals surface area (Å²) in [7, 11) is 4.19. The van der Waals surface area contributed by atoms with Crippen LogP contribution < -0.4 is 0 Å². The summed E-state index contributed by atoms with van der Waals surface area (Å²) in [5.74, 6) is 0. The van der Waals surface area contributed by atoms with E-state index in [1.54, 1.807) is 0 Å². The highest BCUT2D eigenvalue weighted by molar-refractivity contribution is 8.03. The van der Waals surface area contributed by atoms with Crippen molar-refractivity contribution < 1.29 is 0 Å². The van der Waals surface area contributed by atoms with E-state index < -0.39 is 0 Å². The fourth-order valence-electron chi connectivity index (χ4n) is 1.45. The lowest BCUT2D eigenvalue weighted by molar-refractivity contribution is 0.416. The molecule has 0 bridgehead atoms. The van der Waals surface area contributed by atoms with E-state index in [2.05, 4.69) is 56.8 Å². The minimum absolute atomic E-state index is 1.05. The van der Waals surface area contributed by atoms with Gasteiger partial charge < -0.3 is 4.90 Å². The summed E-state index contributed by atoms with van der Waals surface area (Å²) in [4.78, 5) is 4.79. The fraction of sp³-hybridized carbons (Fsp3) is 0.429. The van der Waals surface area contributed by atoms with Crippen LogP contribution >= 0.6 is 11.8 Å². The van der Waals surface area contributed by atoms with Crippen LogP contribution in [0, 0.1) is 0 Å². The van der Waals surface area contributed by atoms with Crippen molar-refractivity contribution in [2.24, 2.45) is 0 Å². The molecule has 0 aromatic heterocycles. The number of rotatable bonds is 6. The van der Waals surface area contributed by atoms with E-state index in [4.69, 9.17) is 0 Å². The molecule has 0 amide bonds. The lowest BCUT2D eigenvalue weighted by atomic mass is 10.2. The van der Waals surface area contributed by atoms with E-state index in [-0.39, 0.29) is 0 Å². The highest BCUT2D eigenvalue weighted by Gasteiger charge is 2.03. The Morgan fingerprint density at radius 2 is 2.00 bits per heavy atom. The van der Waals surface area contributed by atoms with Gasteiger partial charge in [0.1, 0.15) is 0 Å². The molecule has 0 fully saturated rings. The molecular formula is C14H21NS. The maximum Gasteiger partial charge on any atom is 0.0150 e. The maximum atomic E-state index is 4.13. The largest absolute Gasteiger partial charge is 0.309 e. The van der Waals surface area contributed by atoms with Gasteiger partial charge in [-0.05, 0) is 43.5 Å². The monoisotopic (exact) mass is 235 g/mol. The Hall–Kier alpha value is -0.730. The average molecular weight is 235 g/mol. The molecule has 88 valence electrons. The first-order chi connectivity index (χ1) is 7.63. The summed E-state index contributed by atoms with van der Waals surface area (Å²) in [6, 6.07) is 8.58. The van der Waals surface area contributed by atoms with Crippen LogP contribution in [0.2, 0.25) is 0 Å². The van der Waals surface area contributed by atoms with Gasteiger partial charge in [-0.1, -0.05) is 43.5 Å². The molecule has 1 rings (SSSR count). The molecule has 0 aliphatic heterocycles. The lowest BCUT2D eigenvalue weighted by Crippen LogP contribution is -2.12. The van der Waals surface area contributed by atoms with E-state index in [0.29, 0.717) is 0 Å². The third-order valence-corrected chi connectivity index (χ3v) is 3.56. The molecule has 2 heteroatoms. The first-order valence-electron chi connectivity index (χ1n) is 5.71. The molecule has 0 N–H and O–H groups in total. The predicted molar refractivity (Wildman–Crippen MR) is 74.0 cm³/mol. The van der Waals surface area contributed by atoms with Crippen molar-refractivity contribution in [3.63, 3.8) is 0 Å². The molecule has 0 aliphatic rings. The molecule has 0 saturated carbocycles. The van der Waals surface area contributed by atoms with Gasteiger partial charge >= 0.3 is 0 Å². The van der Waals surface area contributed by atoms with Gasteiger partial charge in [0, 0.05) is 11.4 Å². The number of benzene rings is 1. The Bertz CT molecular complexity index is 344. The minimum atomic E-state index is 1.05. The summed E-state index contributed by atoms with van der Waals surface area (Å²) in [6.45, 7) is 7.40. The average Bonchev–Trinajstić information content (AvgIpc) is 2.27. The van der Waals surface area contributed by atoms with Crippen LogP contribution in [0.5, 0.6) is 0 Å². The van der Waals surface area contributed by atoms with Gasteiger partial charge in [0.2, 0.25) is 0 Å². The van der Waals surface area contributed by atoms with Gasteiger partial charge in [0.05, 0.1) is 0 Å². The summed E-state index contributed by atoms with van der Waals surface area (Å²) in [5.41, 5.74) is 1.42. The molecule has 1 nitrogen and oxygen atoms in total. The first-order valence-corrected chi connectivity index (χ1v) is 6.53. The second kappa shape index (κ2) is 6.77. The number of hydrogen-bond donors (Lipinski definition) is 0. The Kier molecular flexibility index (Phi) is 5.64. The topological polar surface area (TPSA) is 3.24 Å². The molecule has 0 saturated heterocycles. The van der Waals surface area contributed by atoms with Gasteiger partial charge in [-0.15, -0.1) is 0 Å². The molecule has 0 atom stereocenters. The number of thioether (sulfide) groups is 1. The number of hydrogen-bond acceptors (Lipinski definition) is 2. The molecule has 0 spiro atoms. The van der Waals surface area contributed by atoms with Crippen molar-refractivity contribution in [1.82, 2.24) is 4.90 Å². The fourth-order valence-corrected chi connectivity index (χ4v) is 2.44. The maximum absolute atomic E-state index is 4.13. The van der Waals surface area contributed by atoms with Crippen LogP contribution in [0.15, 0.2) is 40.6 Å². The second-order valence-electron chi connectivity index (χ2n) is 4.16. The molecule has 0 unspecified atom stereocenters. The van der Waals surface area contributed by atoms with Crippen LogP contribution in [-0.4, -0.2) is 25.5 Å². The summed E-state index contributed by atoms with van der Waals surface area (Å²) in [5, 5.41) is 0. The van der Waals surface area contributed by atoms with Gasteiger partial charge in [-0.25, -0.2) is 0 Å². The van der Waals surface area contributed by atoms with Crippen molar-refractivity contribution in [2.75, 3.05) is 20.6 Å². The molecular weight excluding hydrogens is 214 g/mol. The quantitative estimate of drug-likeness (QED) is 0.690. The summed E-state index contributed by atoms with van der Waals surface area (Å²) in [6.07, 6.45) is 2.14. The molecule has 1 aromatic rings. The SMILES string of the molecule is C=C(CCN(C)C)Sc1ccccc1CC. The Morgan fingerprint density at radius 3 is 2.62 bits per heavy atom. The van der Waals surface area contributed by atoms with E-state index in [1.165, 1.54) is 15.4 Å². The van der Waals surface area contributed by atoms with Gasteiger partial charge in [-0.2, -0.15) is 0 Å². The zero-order chi connectivity index (χ0) is 12.0. The van der Waals surface area contributed by atoms with Crippen LogP contribution in [0.25, 0.3) is 0 Å². The lowest BCUT2D eigenvalue weighted by Gasteiger charge is -2.12. The van der Waals surface area contributed by atoms with E-state index in [0.717, 1.165) is 19.4 Å². The second-order valence-corrected chi connectivity index (χ2v) is 5.38. The van der Waals surface area contributed by atoms with Gasteiger partial charge in [-0.3, -0.25) is 0 Å². The van der Waals surface area contributed by atoms with Crippen LogP contribution in [0.4, 0.5) is 0 Å². The van der Waals surface area contributed by atoms with E-state index >= 15 is 0 Å². The third-order valence-electron chi connectivity index (χ3n) is 2.45. The zero-order valence-corrected chi connectivity index (χ0v) is 11.3. The first kappa shape index (κ1) is 13.3. The van der Waals surface area contributed by atoms with Crippen molar-refractivity contribution >= 4 is 11.8 Å². The van der Waals surface area contributed by atoms with Gasteiger partial charge in [0.15, 0.2) is 0 Å². The summed E-state index contributed by atoms with van der Waals surface area (Å²) < 4.78 is 0. The van der Waals surface area contributed by atoms with Crippen molar-refractivity contribution in [1.29, 1.82) is 0 Å². The molecule has 0 aliphatic carbocycles. The zero-order valence-electron chi connectivity index (χ0n) is 10.5. The van der Waals surface area contributed by atoms with Crippen molar-refractivity contribution in [3.05, 3.63) is 41.3 Å². The highest BCUT2D eigenvalue weighted by Crippen LogP contribution is 2.30. The van der Waals surface area contributed by atoms with Gasteiger partial charge in [0.25, 0.3) is 0 Å². The molecule has 0 heterocycles. The van der Waals surface area contributed by atoms with Crippen molar-refractivity contribution in [3.8, 4) is 0 Å². The van der Waals surface area contributed by atoms with Crippen molar-refractivity contribution in [2.45, 2.75) is 24.7 Å². The Labute approximate surface area is 104 Å². The van der Waals surface area contributed by atoms with E-state index in [9.17, 15) is 0 Å². The smallest absolute Gasteiger partial charge is 0.0150 e. The normalized spacial score (nSPS) is 10.8. The number of nitrogens with zero attached hydrogens (tertiary/aromatic N) is 1. The van der Waals surface area contributed by atoms with Crippen LogP contribution in [0.3, 0.4) is 0 Å². The van der Waals surface area contributed by atoms with Crippen LogP contribution in [0.1, 0.15) is 18.9 Å². The standard InChI is InChI=1S/C14H21NS/c1-5-13-8-6-7-9-14(13)16-12(2)10-11-15(3)4/h6-9H,2,5,10-11H2,1,3-4H3. The minimum Gasteiger partial charge on any atom is -0.309 e. The van der Waals surface area contributed by atoms with E-state index in [1.807, 2.05) is 11.8 Å². The van der Waals surface area contributed by atoms with Crippen LogP contribution in [-0.2, 0) is 6.42 Å². The Balaban J connectivity index is 2.55.